The number of fused-ring (bicyclic) bond motifs is 1. The SMILES string of the molecule is C[C@H]1CN(c2ccncc2NC(=O)c2ccc3ccc(C4=CCOCC4)cc3n2)C[C@@H](NC(=O)OC(C)(C)C)[C@@H]1O[Si](C)(C)C(C)(C)C. The van der Waals surface area contributed by atoms with E-state index in [1.165, 1.54) is 5.57 Å². The van der Waals surface area contributed by atoms with E-state index in [0.717, 1.165) is 28.6 Å². The van der Waals surface area contributed by atoms with Gasteiger partial charge in [-0.15, -0.1) is 0 Å². The zero-order valence-electron chi connectivity index (χ0n) is 29.8. The van der Waals surface area contributed by atoms with E-state index in [1.54, 1.807) is 18.5 Å². The van der Waals surface area contributed by atoms with Gasteiger partial charge in [-0.1, -0.05) is 52.0 Å². The maximum absolute atomic E-state index is 13.7. The average Bonchev–Trinajstić information content (AvgIpc) is 3.01. The van der Waals surface area contributed by atoms with Crippen molar-refractivity contribution < 1.29 is 23.5 Å². The first-order chi connectivity index (χ1) is 22.5. The molecule has 0 saturated carbocycles. The van der Waals surface area contributed by atoms with Crippen LogP contribution >= 0.6 is 0 Å². The number of anilines is 2. The number of nitrogens with zero attached hydrogens (tertiary/aromatic N) is 3. The van der Waals surface area contributed by atoms with Crippen LogP contribution in [0.1, 0.15) is 70.9 Å². The molecule has 2 aliphatic rings. The molecule has 1 fully saturated rings. The first kappa shape index (κ1) is 35.5. The fourth-order valence-electron chi connectivity index (χ4n) is 5.94. The number of pyridine rings is 2. The van der Waals surface area contributed by atoms with Crippen molar-refractivity contribution in [3.05, 3.63) is 66.1 Å². The van der Waals surface area contributed by atoms with Crippen LogP contribution < -0.4 is 15.5 Å². The van der Waals surface area contributed by atoms with Crippen molar-refractivity contribution in [2.45, 2.75) is 90.8 Å². The van der Waals surface area contributed by atoms with E-state index in [2.05, 4.69) is 73.4 Å². The molecule has 1 saturated heterocycles. The van der Waals surface area contributed by atoms with E-state index in [1.807, 2.05) is 45.0 Å². The third-order valence-electron chi connectivity index (χ3n) is 9.47. The minimum absolute atomic E-state index is 0.00333. The van der Waals surface area contributed by atoms with Crippen LogP contribution in [0.3, 0.4) is 0 Å². The van der Waals surface area contributed by atoms with Gasteiger partial charge in [0.1, 0.15) is 11.3 Å². The molecule has 3 atom stereocenters. The van der Waals surface area contributed by atoms with E-state index >= 15 is 0 Å². The minimum Gasteiger partial charge on any atom is -0.444 e. The van der Waals surface area contributed by atoms with Crippen molar-refractivity contribution in [3.63, 3.8) is 0 Å². The number of ether oxygens (including phenoxy) is 2. The molecule has 11 heteroatoms. The van der Waals surface area contributed by atoms with Crippen molar-refractivity contribution in [2.75, 3.05) is 36.5 Å². The molecule has 0 bridgehead atoms. The number of carbonyl (C=O) groups excluding carboxylic acids is 2. The fraction of sp³-hybridized carbons (Fsp3) is 0.514. The summed E-state index contributed by atoms with van der Waals surface area (Å²) < 4.78 is 18.1. The Bertz CT molecular complexity index is 1680. The Morgan fingerprint density at radius 2 is 1.79 bits per heavy atom. The largest absolute Gasteiger partial charge is 0.444 e. The minimum atomic E-state index is -2.17. The molecule has 258 valence electrons. The second kappa shape index (κ2) is 14.0. The molecule has 0 unspecified atom stereocenters. The lowest BCUT2D eigenvalue weighted by Gasteiger charge is -2.48. The molecular weight excluding hydrogens is 623 g/mol. The molecule has 48 heavy (non-hydrogen) atoms. The third-order valence-corrected chi connectivity index (χ3v) is 13.9. The zero-order chi connectivity index (χ0) is 34.9. The second-order valence-electron chi connectivity index (χ2n) is 15.5. The van der Waals surface area contributed by atoms with E-state index in [9.17, 15) is 9.59 Å². The molecule has 10 nitrogen and oxygen atoms in total. The van der Waals surface area contributed by atoms with Crippen molar-refractivity contribution in [2.24, 2.45) is 5.92 Å². The molecule has 0 spiro atoms. The maximum atomic E-state index is 13.7. The summed E-state index contributed by atoms with van der Waals surface area (Å²) in [6.07, 6.45) is 5.63. The van der Waals surface area contributed by atoms with Crippen LogP contribution in [0.5, 0.6) is 0 Å². The summed E-state index contributed by atoms with van der Waals surface area (Å²) in [5.74, 6) is -0.263. The highest BCUT2D eigenvalue weighted by Crippen LogP contribution is 2.40. The highest BCUT2D eigenvalue weighted by Gasteiger charge is 2.45. The summed E-state index contributed by atoms with van der Waals surface area (Å²) in [6.45, 7) is 21.3. The zero-order valence-corrected chi connectivity index (χ0v) is 30.8. The van der Waals surface area contributed by atoms with Gasteiger partial charge in [-0.2, -0.15) is 0 Å². The van der Waals surface area contributed by atoms with Gasteiger partial charge < -0.3 is 29.4 Å². The summed E-state index contributed by atoms with van der Waals surface area (Å²) in [4.78, 5) is 38.0. The predicted molar refractivity (Wildman–Crippen MR) is 194 cm³/mol. The number of alkyl carbamates (subject to hydrolysis) is 1. The lowest BCUT2D eigenvalue weighted by molar-refractivity contribution is 0.0336. The lowest BCUT2D eigenvalue weighted by Crippen LogP contribution is -2.63. The lowest BCUT2D eigenvalue weighted by atomic mass is 9.92. The van der Waals surface area contributed by atoms with Gasteiger partial charge in [-0.05, 0) is 74.7 Å². The Morgan fingerprint density at radius 3 is 2.48 bits per heavy atom. The Hall–Kier alpha value is -3.80. The molecule has 2 amide bonds. The molecule has 0 radical (unpaired) electrons. The summed E-state index contributed by atoms with van der Waals surface area (Å²) >= 11 is 0. The van der Waals surface area contributed by atoms with Crippen LogP contribution in [0.4, 0.5) is 16.2 Å². The number of hydrogen-bond acceptors (Lipinski definition) is 8. The van der Waals surface area contributed by atoms with E-state index in [-0.39, 0.29) is 29.0 Å². The summed E-state index contributed by atoms with van der Waals surface area (Å²) in [5, 5.41) is 7.17. The van der Waals surface area contributed by atoms with Gasteiger partial charge in [0.15, 0.2) is 8.32 Å². The van der Waals surface area contributed by atoms with Gasteiger partial charge in [0.25, 0.3) is 5.91 Å². The molecule has 2 aliphatic heterocycles. The van der Waals surface area contributed by atoms with Crippen LogP contribution in [-0.2, 0) is 13.9 Å². The van der Waals surface area contributed by atoms with E-state index < -0.39 is 20.0 Å². The van der Waals surface area contributed by atoms with Crippen LogP contribution in [0, 0.1) is 5.92 Å². The maximum Gasteiger partial charge on any atom is 0.408 e. The van der Waals surface area contributed by atoms with Gasteiger partial charge in [0, 0.05) is 30.6 Å². The van der Waals surface area contributed by atoms with E-state index in [0.29, 0.717) is 37.7 Å². The van der Waals surface area contributed by atoms with Crippen LogP contribution in [0.15, 0.2) is 54.9 Å². The average molecular weight is 674 g/mol. The van der Waals surface area contributed by atoms with E-state index in [4.69, 9.17) is 18.9 Å². The first-order valence-corrected chi connectivity index (χ1v) is 19.8. The van der Waals surface area contributed by atoms with Crippen LogP contribution in [0.25, 0.3) is 16.5 Å². The number of aromatic nitrogens is 2. The number of nitrogens with one attached hydrogen (secondary N) is 2. The Labute approximate surface area is 285 Å². The topological polar surface area (TPSA) is 115 Å². The fourth-order valence-corrected chi connectivity index (χ4v) is 7.37. The number of hydrogen-bond donors (Lipinski definition) is 2. The molecule has 0 aliphatic carbocycles. The second-order valence-corrected chi connectivity index (χ2v) is 20.2. The van der Waals surface area contributed by atoms with Crippen molar-refractivity contribution in [1.29, 1.82) is 0 Å². The number of rotatable bonds is 7. The van der Waals surface area contributed by atoms with Gasteiger partial charge in [-0.25, -0.2) is 9.78 Å². The number of benzene rings is 1. The molecule has 5 rings (SSSR count). The molecule has 3 aromatic rings. The van der Waals surface area contributed by atoms with Gasteiger partial charge in [0.2, 0.25) is 0 Å². The van der Waals surface area contributed by atoms with Crippen molar-refractivity contribution in [3.8, 4) is 0 Å². The molecular formula is C37H51N5O5Si. The van der Waals surface area contributed by atoms with Crippen molar-refractivity contribution >= 4 is 48.2 Å². The normalized spacial score (nSPS) is 20.6. The third kappa shape index (κ3) is 8.43. The molecule has 2 aromatic heterocycles. The Balaban J connectivity index is 1.39. The van der Waals surface area contributed by atoms with Gasteiger partial charge in [0.05, 0.1) is 48.4 Å². The smallest absolute Gasteiger partial charge is 0.408 e. The number of carbonyl (C=O) groups is 2. The molecule has 2 N–H and O–H groups in total. The standard InChI is InChI=1S/C37H51N5O5Si/c1-24-22-42(23-31(41-35(44)46-36(2,3)4)33(24)47-48(8,9)37(5,6)7)32-14-17-38-21-30(32)40-34(43)28-13-12-26-10-11-27(20-29(26)39-28)25-15-18-45-19-16-25/h10-15,17,20-21,24,31,33H,16,18-19,22-23H2,1-9H3,(H,40,43)(H,41,44)/t24-,31+,33+/m0/s1. The summed E-state index contributed by atoms with van der Waals surface area (Å²) in [6, 6.07) is 11.4. The Kier molecular flexibility index (Phi) is 10.3. The monoisotopic (exact) mass is 673 g/mol. The quantitative estimate of drug-likeness (QED) is 0.249. The van der Waals surface area contributed by atoms with Crippen LogP contribution in [-0.4, -0.2) is 74.3 Å². The number of amides is 2. The Morgan fingerprint density at radius 1 is 1.04 bits per heavy atom. The van der Waals surface area contributed by atoms with Crippen LogP contribution in [0.2, 0.25) is 18.1 Å². The predicted octanol–water partition coefficient (Wildman–Crippen LogP) is 7.43. The highest BCUT2D eigenvalue weighted by atomic mass is 28.4. The van der Waals surface area contributed by atoms with Gasteiger partial charge >= 0.3 is 6.09 Å². The summed E-state index contributed by atoms with van der Waals surface area (Å²) in [7, 11) is -2.17. The summed E-state index contributed by atoms with van der Waals surface area (Å²) in [5.41, 5.74) is 4.13. The molecule has 1 aromatic carbocycles. The van der Waals surface area contributed by atoms with Crippen molar-refractivity contribution in [1.82, 2.24) is 15.3 Å². The molecule has 4 heterocycles. The van der Waals surface area contributed by atoms with Gasteiger partial charge in [-0.3, -0.25) is 9.78 Å². The first-order valence-electron chi connectivity index (χ1n) is 16.9. The highest BCUT2D eigenvalue weighted by molar-refractivity contribution is 6.74. The number of piperidine rings is 1.